The number of aromatic nitrogens is 2. The molecule has 7 nitrogen and oxygen atoms in total. The van der Waals surface area contributed by atoms with E-state index in [1.165, 1.54) is 17.7 Å². The first-order valence-corrected chi connectivity index (χ1v) is 9.45. The van der Waals surface area contributed by atoms with Crippen molar-refractivity contribution >= 4 is 17.3 Å². The molecular weight excluding hydrogens is 363 g/mol. The number of carbonyl (C=O) groups is 1. The van der Waals surface area contributed by atoms with Crippen LogP contribution < -0.4 is 15.4 Å². The van der Waals surface area contributed by atoms with Crippen molar-refractivity contribution in [2.45, 2.75) is 25.3 Å². The summed E-state index contributed by atoms with van der Waals surface area (Å²) >= 11 is 0. The summed E-state index contributed by atoms with van der Waals surface area (Å²) < 4.78 is 20.4. The number of para-hydroxylation sites is 1. The molecule has 8 heteroatoms. The van der Waals surface area contributed by atoms with Crippen LogP contribution >= 0.6 is 0 Å². The van der Waals surface area contributed by atoms with E-state index in [0.29, 0.717) is 49.8 Å². The van der Waals surface area contributed by atoms with Crippen molar-refractivity contribution in [1.29, 1.82) is 0 Å². The lowest BCUT2D eigenvalue weighted by molar-refractivity contribution is -0.144. The second-order valence-corrected chi connectivity index (χ2v) is 7.28. The highest BCUT2D eigenvalue weighted by molar-refractivity contribution is 5.75. The van der Waals surface area contributed by atoms with Gasteiger partial charge >= 0.3 is 5.97 Å². The Morgan fingerprint density at radius 1 is 1.14 bits per heavy atom. The van der Waals surface area contributed by atoms with Crippen LogP contribution in [-0.2, 0) is 9.53 Å². The third-order valence-electron chi connectivity index (χ3n) is 5.62. The van der Waals surface area contributed by atoms with Gasteiger partial charge in [-0.2, -0.15) is 0 Å². The summed E-state index contributed by atoms with van der Waals surface area (Å²) in [6.45, 7) is 4.29. The van der Waals surface area contributed by atoms with Crippen molar-refractivity contribution in [3.05, 3.63) is 52.5 Å². The van der Waals surface area contributed by atoms with Gasteiger partial charge in [0.05, 0.1) is 19.0 Å². The fourth-order valence-corrected chi connectivity index (χ4v) is 4.13. The molecule has 1 aromatic heterocycles. The summed E-state index contributed by atoms with van der Waals surface area (Å²) in [4.78, 5) is 33.7. The third-order valence-corrected chi connectivity index (χ3v) is 5.62. The number of nitrogens with zero attached hydrogens (tertiary/aromatic N) is 4. The van der Waals surface area contributed by atoms with Crippen LogP contribution in [0, 0.1) is 5.82 Å². The van der Waals surface area contributed by atoms with Gasteiger partial charge in [-0.15, -0.1) is 0 Å². The number of carbonyl (C=O) groups excluding carboxylic acids is 1. The van der Waals surface area contributed by atoms with E-state index in [2.05, 4.69) is 4.98 Å². The fourth-order valence-electron chi connectivity index (χ4n) is 4.13. The molecule has 0 saturated carbocycles. The molecule has 0 amide bonds. The number of esters is 1. The summed E-state index contributed by atoms with van der Waals surface area (Å²) in [5, 5.41) is 0. The Morgan fingerprint density at radius 3 is 2.43 bits per heavy atom. The molecule has 3 heterocycles. The lowest BCUT2D eigenvalue weighted by Crippen LogP contribution is -2.49. The Morgan fingerprint density at radius 2 is 1.79 bits per heavy atom. The van der Waals surface area contributed by atoms with E-state index in [0.717, 1.165) is 0 Å². The molecule has 0 N–H and O–H groups in total. The summed E-state index contributed by atoms with van der Waals surface area (Å²) in [6.07, 6.45) is 2.11. The third kappa shape index (κ3) is 3.02. The van der Waals surface area contributed by atoms with Crippen LogP contribution in [0.3, 0.4) is 0 Å². The zero-order valence-corrected chi connectivity index (χ0v) is 16.0. The van der Waals surface area contributed by atoms with E-state index in [9.17, 15) is 14.0 Å². The van der Waals surface area contributed by atoms with E-state index in [-0.39, 0.29) is 17.3 Å². The Kier molecular flexibility index (Phi) is 4.78. The number of methoxy groups -OCH3 is 1. The second kappa shape index (κ2) is 7.26. The van der Waals surface area contributed by atoms with Gasteiger partial charge in [0, 0.05) is 32.1 Å². The fraction of sp³-hybridized carbons (Fsp3) is 0.450. The van der Waals surface area contributed by atoms with Gasteiger partial charge in [-0.3, -0.25) is 9.36 Å². The number of hydrogen-bond acceptors (Lipinski definition) is 6. The van der Waals surface area contributed by atoms with Crippen molar-refractivity contribution in [1.82, 2.24) is 9.55 Å². The van der Waals surface area contributed by atoms with E-state index in [1.807, 2.05) is 22.8 Å². The van der Waals surface area contributed by atoms with Crippen LogP contribution in [0.25, 0.3) is 0 Å². The average Bonchev–Trinajstić information content (AvgIpc) is 3.06. The Labute approximate surface area is 162 Å². The molecule has 0 aliphatic carbocycles. The van der Waals surface area contributed by atoms with Gasteiger partial charge in [0.15, 0.2) is 0 Å². The number of fused-ring (bicyclic) bond motifs is 1. The zero-order chi connectivity index (χ0) is 19.8. The SMILES string of the molecule is COC(=O)[C@@H]1C[C@@H](C)c2ncc(N3CCN(c4ccccc4F)CC3)c(=O)n21. The van der Waals surface area contributed by atoms with E-state index < -0.39 is 12.0 Å². The Hall–Kier alpha value is -2.90. The zero-order valence-electron chi connectivity index (χ0n) is 16.0. The Balaban J connectivity index is 1.58. The van der Waals surface area contributed by atoms with E-state index in [1.54, 1.807) is 18.3 Å². The van der Waals surface area contributed by atoms with Crippen LogP contribution in [0.15, 0.2) is 35.3 Å². The first-order valence-electron chi connectivity index (χ1n) is 9.45. The van der Waals surface area contributed by atoms with Crippen molar-refractivity contribution in [2.75, 3.05) is 43.1 Å². The van der Waals surface area contributed by atoms with Crippen LogP contribution in [0.4, 0.5) is 15.8 Å². The van der Waals surface area contributed by atoms with Crippen LogP contribution in [0.5, 0.6) is 0 Å². The number of anilines is 2. The first-order chi connectivity index (χ1) is 13.5. The number of halogens is 1. The van der Waals surface area contributed by atoms with E-state index >= 15 is 0 Å². The van der Waals surface area contributed by atoms with E-state index in [4.69, 9.17) is 4.74 Å². The Bertz CT molecular complexity index is 953. The van der Waals surface area contributed by atoms with Crippen molar-refractivity contribution in [2.24, 2.45) is 0 Å². The highest BCUT2D eigenvalue weighted by Crippen LogP contribution is 2.34. The molecule has 1 aromatic carbocycles. The molecule has 2 aliphatic heterocycles. The van der Waals surface area contributed by atoms with Crippen molar-refractivity contribution < 1.29 is 13.9 Å². The highest BCUT2D eigenvalue weighted by Gasteiger charge is 2.37. The lowest BCUT2D eigenvalue weighted by Gasteiger charge is -2.37. The molecule has 2 aliphatic rings. The minimum atomic E-state index is -0.630. The number of hydrogen-bond donors (Lipinski definition) is 0. The molecule has 1 saturated heterocycles. The number of piperazine rings is 1. The second-order valence-electron chi connectivity index (χ2n) is 7.28. The quantitative estimate of drug-likeness (QED) is 0.751. The molecule has 2 aromatic rings. The topological polar surface area (TPSA) is 67.7 Å². The molecule has 148 valence electrons. The lowest BCUT2D eigenvalue weighted by atomic mass is 10.1. The highest BCUT2D eigenvalue weighted by atomic mass is 19.1. The summed E-state index contributed by atoms with van der Waals surface area (Å²) in [5.41, 5.74) is 0.828. The van der Waals surface area contributed by atoms with Gasteiger partial charge in [0.2, 0.25) is 0 Å². The molecule has 2 atom stereocenters. The normalized spacial score (nSPS) is 21.5. The van der Waals surface area contributed by atoms with Gasteiger partial charge in [-0.1, -0.05) is 19.1 Å². The van der Waals surface area contributed by atoms with Gasteiger partial charge in [-0.05, 0) is 18.6 Å². The van der Waals surface area contributed by atoms with Crippen LogP contribution in [-0.4, -0.2) is 48.8 Å². The van der Waals surface area contributed by atoms with Gasteiger partial charge in [0.1, 0.15) is 23.4 Å². The minimum Gasteiger partial charge on any atom is -0.467 e. The average molecular weight is 386 g/mol. The predicted octanol–water partition coefficient (Wildman–Crippen LogP) is 1.93. The summed E-state index contributed by atoms with van der Waals surface area (Å²) in [7, 11) is 1.33. The smallest absolute Gasteiger partial charge is 0.329 e. The summed E-state index contributed by atoms with van der Waals surface area (Å²) in [5.74, 6) is -0.0287. The van der Waals surface area contributed by atoms with Gasteiger partial charge < -0.3 is 14.5 Å². The number of ether oxygens (including phenoxy) is 1. The van der Waals surface area contributed by atoms with Gasteiger partial charge in [-0.25, -0.2) is 14.2 Å². The molecule has 28 heavy (non-hydrogen) atoms. The maximum Gasteiger partial charge on any atom is 0.329 e. The first kappa shape index (κ1) is 18.5. The number of benzene rings is 1. The maximum atomic E-state index is 14.0. The molecular formula is C20H23FN4O3. The molecule has 0 spiro atoms. The maximum absolute atomic E-state index is 14.0. The standard InChI is InChI=1S/C20H23FN4O3/c1-13-11-16(20(27)28-2)25-18(13)22-12-17(19(25)26)24-9-7-23(8-10-24)15-6-4-3-5-14(15)21/h3-6,12-13,16H,7-11H2,1-2H3/t13-,16+/m1/s1. The van der Waals surface area contributed by atoms with Crippen molar-refractivity contribution in [3.63, 3.8) is 0 Å². The van der Waals surface area contributed by atoms with Gasteiger partial charge in [0.25, 0.3) is 5.56 Å². The molecule has 0 bridgehead atoms. The largest absolute Gasteiger partial charge is 0.467 e. The monoisotopic (exact) mass is 386 g/mol. The molecule has 0 unspecified atom stereocenters. The number of rotatable bonds is 3. The summed E-state index contributed by atoms with van der Waals surface area (Å²) in [6, 6.07) is 6.07. The van der Waals surface area contributed by atoms with Crippen molar-refractivity contribution in [3.8, 4) is 0 Å². The predicted molar refractivity (Wildman–Crippen MR) is 103 cm³/mol. The molecule has 0 radical (unpaired) electrons. The van der Waals surface area contributed by atoms with Crippen LogP contribution in [0.2, 0.25) is 0 Å². The van der Waals surface area contributed by atoms with Crippen LogP contribution in [0.1, 0.15) is 31.1 Å². The molecule has 1 fully saturated rings. The minimum absolute atomic E-state index is 0.0174. The molecule has 4 rings (SSSR count).